The first-order chi connectivity index (χ1) is 9.79. The number of nitrogens with zero attached hydrogens (tertiary/aromatic N) is 1. The van der Waals surface area contributed by atoms with Crippen molar-refractivity contribution in [2.45, 2.75) is 12.3 Å². The van der Waals surface area contributed by atoms with Crippen LogP contribution < -0.4 is 0 Å². The largest absolute Gasteiger partial charge is 0.295 e. The van der Waals surface area contributed by atoms with Gasteiger partial charge in [-0.15, -0.1) is 6.58 Å². The Kier molecular flexibility index (Phi) is 5.01. The Morgan fingerprint density at radius 2 is 2.00 bits per heavy atom. The van der Waals surface area contributed by atoms with Crippen molar-refractivity contribution in [3.05, 3.63) is 84.7 Å². The zero-order valence-electron chi connectivity index (χ0n) is 11.3. The number of rotatable bonds is 6. The molecule has 1 heterocycles. The van der Waals surface area contributed by atoms with Gasteiger partial charge in [0.2, 0.25) is 0 Å². The summed E-state index contributed by atoms with van der Waals surface area (Å²) in [5.41, 5.74) is 2.04. The van der Waals surface area contributed by atoms with E-state index in [0.717, 1.165) is 11.1 Å². The van der Waals surface area contributed by atoms with Gasteiger partial charge in [0.1, 0.15) is 0 Å². The second kappa shape index (κ2) is 7.19. The Morgan fingerprint density at radius 1 is 1.20 bits per heavy atom. The summed E-state index contributed by atoms with van der Waals surface area (Å²) in [6.45, 7) is 3.80. The fourth-order valence-electron chi connectivity index (χ4n) is 1.97. The summed E-state index contributed by atoms with van der Waals surface area (Å²) in [6, 6.07) is 13.6. The van der Waals surface area contributed by atoms with Crippen LogP contribution in [0.1, 0.15) is 23.5 Å². The molecule has 0 aliphatic heterocycles. The molecule has 2 heteroatoms. The van der Waals surface area contributed by atoms with Gasteiger partial charge >= 0.3 is 0 Å². The van der Waals surface area contributed by atoms with Crippen molar-refractivity contribution in [1.82, 2.24) is 4.98 Å². The molecular weight excluding hydrogens is 246 g/mol. The van der Waals surface area contributed by atoms with Gasteiger partial charge in [0, 0.05) is 24.7 Å². The molecule has 0 amide bonds. The lowest BCUT2D eigenvalue weighted by Gasteiger charge is -2.09. The Bertz CT molecular complexity index is 587. The lowest BCUT2D eigenvalue weighted by atomic mass is 9.95. The number of pyridine rings is 1. The van der Waals surface area contributed by atoms with E-state index in [9.17, 15) is 4.79 Å². The van der Waals surface area contributed by atoms with Crippen LogP contribution in [0.25, 0.3) is 6.08 Å². The molecule has 1 aromatic heterocycles. The highest BCUT2D eigenvalue weighted by Gasteiger charge is 2.10. The summed E-state index contributed by atoms with van der Waals surface area (Å²) in [6.07, 6.45) is 9.18. The minimum absolute atomic E-state index is 0.0108. The van der Waals surface area contributed by atoms with Gasteiger partial charge in [-0.1, -0.05) is 48.6 Å². The molecule has 2 aromatic rings. The molecule has 0 radical (unpaired) electrons. The van der Waals surface area contributed by atoms with E-state index in [2.05, 4.69) is 11.6 Å². The predicted molar refractivity (Wildman–Crippen MR) is 82.3 cm³/mol. The summed E-state index contributed by atoms with van der Waals surface area (Å²) < 4.78 is 0. The van der Waals surface area contributed by atoms with E-state index in [1.54, 1.807) is 24.5 Å². The fourth-order valence-corrected chi connectivity index (χ4v) is 1.97. The van der Waals surface area contributed by atoms with E-state index in [4.69, 9.17) is 0 Å². The van der Waals surface area contributed by atoms with E-state index in [-0.39, 0.29) is 11.7 Å². The van der Waals surface area contributed by atoms with Crippen LogP contribution in [0.2, 0.25) is 0 Å². The third-order valence-corrected chi connectivity index (χ3v) is 3.08. The van der Waals surface area contributed by atoms with Gasteiger partial charge in [-0.25, -0.2) is 0 Å². The fraction of sp³-hybridized carbons (Fsp3) is 0.111. The third-order valence-electron chi connectivity index (χ3n) is 3.08. The molecule has 0 unspecified atom stereocenters. The standard InChI is InChI=1S/C18H17NO/c1-2-16(17-9-6-12-19-14-17)13-18(20)11-10-15-7-4-3-5-8-15/h2-12,14,16H,1,13H2/b11-10+/t16-/m0/s1. The average Bonchev–Trinajstić information content (AvgIpc) is 2.52. The van der Waals surface area contributed by atoms with Crippen LogP contribution in [-0.2, 0) is 4.79 Å². The van der Waals surface area contributed by atoms with Gasteiger partial charge in [0.25, 0.3) is 0 Å². The van der Waals surface area contributed by atoms with E-state index in [0.29, 0.717) is 6.42 Å². The molecule has 0 aliphatic carbocycles. The van der Waals surface area contributed by atoms with Crippen LogP contribution in [0.15, 0.2) is 73.6 Å². The van der Waals surface area contributed by atoms with Crippen molar-refractivity contribution in [3.63, 3.8) is 0 Å². The molecule has 0 bridgehead atoms. The molecule has 1 aromatic carbocycles. The van der Waals surface area contributed by atoms with Gasteiger partial charge in [0.05, 0.1) is 0 Å². The van der Waals surface area contributed by atoms with Crippen molar-refractivity contribution >= 4 is 11.9 Å². The zero-order valence-corrected chi connectivity index (χ0v) is 11.3. The molecule has 0 spiro atoms. The van der Waals surface area contributed by atoms with E-state index in [1.807, 2.05) is 48.5 Å². The van der Waals surface area contributed by atoms with Crippen molar-refractivity contribution in [2.75, 3.05) is 0 Å². The van der Waals surface area contributed by atoms with Crippen LogP contribution in [0.3, 0.4) is 0 Å². The summed E-state index contributed by atoms with van der Waals surface area (Å²) in [5, 5.41) is 0. The second-order valence-corrected chi connectivity index (χ2v) is 4.54. The smallest absolute Gasteiger partial charge is 0.156 e. The molecule has 2 nitrogen and oxygen atoms in total. The molecule has 20 heavy (non-hydrogen) atoms. The van der Waals surface area contributed by atoms with Gasteiger partial charge in [-0.3, -0.25) is 9.78 Å². The second-order valence-electron chi connectivity index (χ2n) is 4.54. The highest BCUT2D eigenvalue weighted by molar-refractivity contribution is 5.94. The minimum atomic E-state index is 0.0108. The Balaban J connectivity index is 2.00. The maximum Gasteiger partial charge on any atom is 0.156 e. The minimum Gasteiger partial charge on any atom is -0.295 e. The number of benzene rings is 1. The number of carbonyl (C=O) groups is 1. The predicted octanol–water partition coefficient (Wildman–Crippen LogP) is 4.02. The topological polar surface area (TPSA) is 30.0 Å². The van der Waals surface area contributed by atoms with Gasteiger partial charge in [0.15, 0.2) is 5.78 Å². The third kappa shape index (κ3) is 4.02. The summed E-state index contributed by atoms with van der Waals surface area (Å²) in [5.74, 6) is 0.0965. The van der Waals surface area contributed by atoms with Crippen molar-refractivity contribution < 1.29 is 4.79 Å². The maximum absolute atomic E-state index is 12.0. The first kappa shape index (κ1) is 13.9. The molecule has 0 saturated heterocycles. The molecule has 0 N–H and O–H groups in total. The highest BCUT2D eigenvalue weighted by atomic mass is 16.1. The lowest BCUT2D eigenvalue weighted by Crippen LogP contribution is -2.02. The first-order valence-electron chi connectivity index (χ1n) is 6.58. The molecule has 1 atom stereocenters. The Labute approximate surface area is 119 Å². The molecule has 2 rings (SSSR count). The summed E-state index contributed by atoms with van der Waals surface area (Å²) in [7, 11) is 0. The van der Waals surface area contributed by atoms with Gasteiger partial charge in [-0.05, 0) is 23.3 Å². The number of aromatic nitrogens is 1. The van der Waals surface area contributed by atoms with Crippen molar-refractivity contribution in [1.29, 1.82) is 0 Å². The van der Waals surface area contributed by atoms with E-state index >= 15 is 0 Å². The van der Waals surface area contributed by atoms with Crippen molar-refractivity contribution in [2.24, 2.45) is 0 Å². The van der Waals surface area contributed by atoms with Crippen LogP contribution in [0.5, 0.6) is 0 Å². The van der Waals surface area contributed by atoms with Crippen LogP contribution in [-0.4, -0.2) is 10.8 Å². The number of hydrogen-bond acceptors (Lipinski definition) is 2. The summed E-state index contributed by atoms with van der Waals surface area (Å²) in [4.78, 5) is 16.1. The van der Waals surface area contributed by atoms with Crippen LogP contribution in [0.4, 0.5) is 0 Å². The summed E-state index contributed by atoms with van der Waals surface area (Å²) >= 11 is 0. The number of ketones is 1. The molecule has 0 aliphatic rings. The van der Waals surface area contributed by atoms with Crippen molar-refractivity contribution in [3.8, 4) is 0 Å². The van der Waals surface area contributed by atoms with Gasteiger partial charge in [-0.2, -0.15) is 0 Å². The number of carbonyl (C=O) groups excluding carboxylic acids is 1. The maximum atomic E-state index is 12.0. The SMILES string of the molecule is C=C[C@@H](CC(=O)/C=C/c1ccccc1)c1cccnc1. The average molecular weight is 263 g/mol. The zero-order chi connectivity index (χ0) is 14.2. The van der Waals surface area contributed by atoms with Gasteiger partial charge < -0.3 is 0 Å². The number of allylic oxidation sites excluding steroid dienone is 2. The monoisotopic (exact) mass is 263 g/mol. The quantitative estimate of drug-likeness (QED) is 0.582. The number of hydrogen-bond donors (Lipinski definition) is 0. The Morgan fingerprint density at radius 3 is 2.65 bits per heavy atom. The molecule has 0 saturated carbocycles. The lowest BCUT2D eigenvalue weighted by molar-refractivity contribution is -0.114. The van der Waals surface area contributed by atoms with E-state index < -0.39 is 0 Å². The van der Waals surface area contributed by atoms with E-state index in [1.165, 1.54) is 0 Å². The normalized spacial score (nSPS) is 12.2. The molecular formula is C18H17NO. The molecule has 0 fully saturated rings. The highest BCUT2D eigenvalue weighted by Crippen LogP contribution is 2.20. The van der Waals surface area contributed by atoms with Crippen LogP contribution >= 0.6 is 0 Å². The first-order valence-corrected chi connectivity index (χ1v) is 6.58. The van der Waals surface area contributed by atoms with Crippen LogP contribution in [0, 0.1) is 0 Å². The Hall–Kier alpha value is -2.48. The molecule has 100 valence electrons.